The molecule has 0 aromatic heterocycles. The van der Waals surface area contributed by atoms with E-state index in [0.717, 1.165) is 36.6 Å². The Balaban J connectivity index is 1.25. The van der Waals surface area contributed by atoms with Gasteiger partial charge in [-0.2, -0.15) is 0 Å². The molecular formula is C20H29N3O5. The monoisotopic (exact) mass is 391 g/mol. The Labute approximate surface area is 164 Å². The summed E-state index contributed by atoms with van der Waals surface area (Å²) in [6.07, 6.45) is 8.96. The maximum absolute atomic E-state index is 12.6. The predicted octanol–water partition coefficient (Wildman–Crippen LogP) is 1.43. The molecule has 2 aliphatic carbocycles. The van der Waals surface area contributed by atoms with Gasteiger partial charge >= 0.3 is 12.0 Å². The van der Waals surface area contributed by atoms with Crippen molar-refractivity contribution in [2.75, 3.05) is 26.2 Å². The summed E-state index contributed by atoms with van der Waals surface area (Å²) in [5, 5.41) is 2.73. The number of hydrogen-bond acceptors (Lipinski definition) is 5. The number of hydrogen-bond donors (Lipinski definition) is 1. The number of nitrogens with zero attached hydrogens (tertiary/aromatic N) is 2. The van der Waals surface area contributed by atoms with Gasteiger partial charge in [0.15, 0.2) is 6.61 Å². The number of ether oxygens (including phenoxy) is 1. The average molecular weight is 391 g/mol. The summed E-state index contributed by atoms with van der Waals surface area (Å²) in [7, 11) is 0. The second-order valence-corrected chi connectivity index (χ2v) is 8.70. The molecule has 4 amide bonds. The Morgan fingerprint density at radius 3 is 2.50 bits per heavy atom. The molecule has 0 aromatic carbocycles. The molecule has 4 fully saturated rings. The van der Waals surface area contributed by atoms with Crippen LogP contribution in [0.4, 0.5) is 4.79 Å². The lowest BCUT2D eigenvalue weighted by Crippen LogP contribution is -2.46. The van der Waals surface area contributed by atoms with Crippen molar-refractivity contribution < 1.29 is 23.9 Å². The molecule has 2 heterocycles. The van der Waals surface area contributed by atoms with E-state index in [0.29, 0.717) is 25.3 Å². The zero-order valence-electron chi connectivity index (χ0n) is 16.3. The van der Waals surface area contributed by atoms with E-state index < -0.39 is 24.1 Å². The molecule has 8 nitrogen and oxygen atoms in total. The van der Waals surface area contributed by atoms with Gasteiger partial charge < -0.3 is 15.0 Å². The molecule has 0 unspecified atom stereocenters. The van der Waals surface area contributed by atoms with Crippen LogP contribution in [-0.4, -0.2) is 65.4 Å². The van der Waals surface area contributed by atoms with E-state index >= 15 is 0 Å². The molecule has 0 radical (unpaired) electrons. The van der Waals surface area contributed by atoms with E-state index in [1.54, 1.807) is 4.90 Å². The van der Waals surface area contributed by atoms with Crippen molar-refractivity contribution in [3.8, 4) is 0 Å². The quantitative estimate of drug-likeness (QED) is 0.578. The van der Waals surface area contributed by atoms with Gasteiger partial charge in [-0.3, -0.25) is 19.3 Å². The number of likely N-dealkylation sites (tertiary alicyclic amines) is 1. The lowest BCUT2D eigenvalue weighted by molar-refractivity contribution is -0.154. The molecule has 2 atom stereocenters. The summed E-state index contributed by atoms with van der Waals surface area (Å²) < 4.78 is 5.10. The van der Waals surface area contributed by atoms with Crippen molar-refractivity contribution in [1.29, 1.82) is 0 Å². The first-order valence-corrected chi connectivity index (χ1v) is 10.6. The Bertz CT molecular complexity index is 673. The zero-order valence-corrected chi connectivity index (χ0v) is 16.3. The van der Waals surface area contributed by atoms with Crippen LogP contribution in [0.3, 0.4) is 0 Å². The number of piperidine rings is 1. The van der Waals surface area contributed by atoms with Crippen molar-refractivity contribution >= 4 is 23.8 Å². The highest BCUT2D eigenvalue weighted by atomic mass is 16.5. The van der Waals surface area contributed by atoms with Gasteiger partial charge in [-0.05, 0) is 37.5 Å². The van der Waals surface area contributed by atoms with Gasteiger partial charge in [-0.1, -0.05) is 32.1 Å². The van der Waals surface area contributed by atoms with E-state index in [1.807, 2.05) is 0 Å². The molecule has 1 spiro atoms. The summed E-state index contributed by atoms with van der Waals surface area (Å²) in [5.74, 6) is 0.0255. The van der Waals surface area contributed by atoms with Crippen LogP contribution in [0.5, 0.6) is 0 Å². The van der Waals surface area contributed by atoms with Crippen molar-refractivity contribution in [2.24, 2.45) is 11.8 Å². The smallest absolute Gasteiger partial charge is 0.326 e. The van der Waals surface area contributed by atoms with Crippen LogP contribution in [0.25, 0.3) is 0 Å². The summed E-state index contributed by atoms with van der Waals surface area (Å²) in [6, 6.07) is -0.547. The summed E-state index contributed by atoms with van der Waals surface area (Å²) in [6.45, 7) is 0.694. The Kier molecular flexibility index (Phi) is 5.29. The van der Waals surface area contributed by atoms with E-state index in [1.165, 1.54) is 25.7 Å². The van der Waals surface area contributed by atoms with Gasteiger partial charge in [0.1, 0.15) is 12.1 Å². The van der Waals surface area contributed by atoms with Crippen LogP contribution in [0, 0.1) is 11.8 Å². The molecule has 8 heteroatoms. The fraction of sp³-hybridized carbons (Fsp3) is 0.800. The minimum Gasteiger partial charge on any atom is -0.454 e. The van der Waals surface area contributed by atoms with Crippen LogP contribution in [0.1, 0.15) is 57.8 Å². The third-order valence-electron chi connectivity index (χ3n) is 6.99. The fourth-order valence-electron chi connectivity index (χ4n) is 5.37. The van der Waals surface area contributed by atoms with Crippen LogP contribution in [0.2, 0.25) is 0 Å². The normalized spacial score (nSPS) is 29.0. The highest BCUT2D eigenvalue weighted by Gasteiger charge is 2.52. The molecule has 0 aromatic rings. The van der Waals surface area contributed by atoms with Crippen molar-refractivity contribution in [2.45, 2.75) is 63.3 Å². The third-order valence-corrected chi connectivity index (χ3v) is 6.99. The first-order valence-electron chi connectivity index (χ1n) is 10.6. The molecule has 2 saturated carbocycles. The molecule has 2 saturated heterocycles. The molecular weight excluding hydrogens is 362 g/mol. The maximum atomic E-state index is 12.6. The van der Waals surface area contributed by atoms with Gasteiger partial charge in [-0.15, -0.1) is 0 Å². The standard InChI is InChI=1S/C20H29N3O5/c24-16(22-10-7-14-5-1-2-6-15(14)11-22)13-28-17(25)12-23-18(26)20(21-19(23)27)8-3-4-9-20/h14-15H,1-13H2,(H,21,27)/t14-,15+/m0/s1. The minimum absolute atomic E-state index is 0.193. The van der Waals surface area contributed by atoms with Gasteiger partial charge in [-0.25, -0.2) is 4.79 Å². The number of esters is 1. The van der Waals surface area contributed by atoms with Crippen molar-refractivity contribution in [1.82, 2.24) is 15.1 Å². The first kappa shape index (κ1) is 19.2. The van der Waals surface area contributed by atoms with Crippen molar-refractivity contribution in [3.05, 3.63) is 0 Å². The van der Waals surface area contributed by atoms with Crippen molar-refractivity contribution in [3.63, 3.8) is 0 Å². The second kappa shape index (κ2) is 7.72. The SMILES string of the molecule is O=C(CN1C(=O)NC2(CCCC2)C1=O)OCC(=O)N1CC[C@@H]2CCCC[C@@H]2C1. The highest BCUT2D eigenvalue weighted by molar-refractivity contribution is 6.08. The molecule has 1 N–H and O–H groups in total. The molecule has 154 valence electrons. The van der Waals surface area contributed by atoms with Crippen LogP contribution < -0.4 is 5.32 Å². The number of rotatable bonds is 4. The lowest BCUT2D eigenvalue weighted by atomic mass is 9.75. The zero-order chi connectivity index (χ0) is 19.7. The molecule has 2 aliphatic heterocycles. The van der Waals surface area contributed by atoms with Gasteiger partial charge in [0.05, 0.1) is 0 Å². The molecule has 28 heavy (non-hydrogen) atoms. The fourth-order valence-corrected chi connectivity index (χ4v) is 5.37. The molecule has 0 bridgehead atoms. The largest absolute Gasteiger partial charge is 0.454 e. The predicted molar refractivity (Wildman–Crippen MR) is 99.0 cm³/mol. The summed E-state index contributed by atoms with van der Waals surface area (Å²) in [4.78, 5) is 52.0. The number of amides is 4. The van der Waals surface area contributed by atoms with Crippen LogP contribution in [-0.2, 0) is 19.1 Å². The number of fused-ring (bicyclic) bond motifs is 1. The first-order chi connectivity index (χ1) is 13.5. The summed E-state index contributed by atoms with van der Waals surface area (Å²) >= 11 is 0. The van der Waals surface area contributed by atoms with E-state index in [2.05, 4.69) is 5.32 Å². The lowest BCUT2D eigenvalue weighted by Gasteiger charge is -2.41. The maximum Gasteiger partial charge on any atom is 0.326 e. The second-order valence-electron chi connectivity index (χ2n) is 8.70. The number of nitrogens with one attached hydrogen (secondary N) is 1. The Morgan fingerprint density at radius 1 is 1.04 bits per heavy atom. The topological polar surface area (TPSA) is 96.0 Å². The highest BCUT2D eigenvalue weighted by Crippen LogP contribution is 2.36. The minimum atomic E-state index is -0.836. The number of imide groups is 1. The van der Waals surface area contributed by atoms with E-state index in [4.69, 9.17) is 4.74 Å². The Morgan fingerprint density at radius 2 is 1.75 bits per heavy atom. The van der Waals surface area contributed by atoms with Gasteiger partial charge in [0.2, 0.25) is 0 Å². The van der Waals surface area contributed by atoms with Gasteiger partial charge in [0.25, 0.3) is 11.8 Å². The number of urea groups is 1. The molecule has 4 rings (SSSR count). The Hall–Kier alpha value is -2.12. The third kappa shape index (κ3) is 3.61. The van der Waals surface area contributed by atoms with Gasteiger partial charge in [0, 0.05) is 13.1 Å². The number of carbonyl (C=O) groups excluding carboxylic acids is 4. The summed E-state index contributed by atoms with van der Waals surface area (Å²) in [5.41, 5.74) is -0.836. The van der Waals surface area contributed by atoms with E-state index in [9.17, 15) is 19.2 Å². The molecule has 4 aliphatic rings. The van der Waals surface area contributed by atoms with Crippen LogP contribution >= 0.6 is 0 Å². The van der Waals surface area contributed by atoms with E-state index in [-0.39, 0.29) is 18.4 Å². The average Bonchev–Trinajstić information content (AvgIpc) is 3.26. The number of carbonyl (C=O) groups is 4. The van der Waals surface area contributed by atoms with Crippen LogP contribution in [0.15, 0.2) is 0 Å².